The molecular weight excluding hydrogens is 420 g/mol. The van der Waals surface area contributed by atoms with Crippen molar-refractivity contribution < 1.29 is 13.2 Å². The van der Waals surface area contributed by atoms with Crippen LogP contribution < -0.4 is 9.62 Å². The van der Waals surface area contributed by atoms with E-state index in [1.54, 1.807) is 30.3 Å². The summed E-state index contributed by atoms with van der Waals surface area (Å²) in [5.74, 6) is -0.229. The average Bonchev–Trinajstić information content (AvgIpc) is 2.78. The largest absolute Gasteiger partial charge is 0.354 e. The molecule has 0 spiro atoms. The van der Waals surface area contributed by atoms with Crippen molar-refractivity contribution >= 4 is 21.6 Å². The van der Waals surface area contributed by atoms with Crippen molar-refractivity contribution in [3.63, 3.8) is 0 Å². The van der Waals surface area contributed by atoms with E-state index in [0.717, 1.165) is 22.3 Å². The number of carbonyl (C=O) groups excluding carboxylic acids is 1. The number of carbonyl (C=O) groups is 1. The predicted molar refractivity (Wildman–Crippen MR) is 129 cm³/mol. The summed E-state index contributed by atoms with van der Waals surface area (Å²) >= 11 is 0. The van der Waals surface area contributed by atoms with E-state index in [1.165, 1.54) is 4.31 Å². The fourth-order valence-corrected chi connectivity index (χ4v) is 4.97. The van der Waals surface area contributed by atoms with Gasteiger partial charge in [-0.2, -0.15) is 0 Å². The van der Waals surface area contributed by atoms with Gasteiger partial charge in [-0.05, 0) is 61.6 Å². The first kappa shape index (κ1) is 23.5. The molecule has 0 saturated carbocycles. The van der Waals surface area contributed by atoms with Crippen LogP contribution in [-0.2, 0) is 14.8 Å². The Morgan fingerprint density at radius 3 is 2.22 bits per heavy atom. The van der Waals surface area contributed by atoms with Gasteiger partial charge in [-0.25, -0.2) is 8.42 Å². The van der Waals surface area contributed by atoms with Gasteiger partial charge in [0.05, 0.1) is 10.6 Å². The highest BCUT2D eigenvalue weighted by molar-refractivity contribution is 7.92. The number of nitrogens with one attached hydrogen (secondary N) is 1. The molecular formula is C26H30N2O3S. The topological polar surface area (TPSA) is 66.5 Å². The molecule has 0 aliphatic heterocycles. The molecule has 32 heavy (non-hydrogen) atoms. The van der Waals surface area contributed by atoms with Gasteiger partial charge in [0.15, 0.2) is 0 Å². The van der Waals surface area contributed by atoms with E-state index in [1.807, 2.05) is 70.2 Å². The van der Waals surface area contributed by atoms with E-state index in [0.29, 0.717) is 12.2 Å². The molecule has 3 aromatic rings. The van der Waals surface area contributed by atoms with Gasteiger partial charge in [-0.1, -0.05) is 67.1 Å². The van der Waals surface area contributed by atoms with E-state index < -0.39 is 10.0 Å². The van der Waals surface area contributed by atoms with Crippen LogP contribution >= 0.6 is 0 Å². The molecule has 5 nitrogen and oxygen atoms in total. The standard InChI is InChI=1S/C26H30N2O3S/c1-19-13-15-24(16-14-19)32(30,31)28(25-12-8-9-20(2)22(25)4)18-26(29)27-17-21(3)23-10-6-5-7-11-23/h5-16,21H,17-18H2,1-4H3,(H,27,29)/t21-/m1/s1. The second-order valence-corrected chi connectivity index (χ2v) is 10.0. The number of rotatable bonds is 8. The van der Waals surface area contributed by atoms with E-state index in [2.05, 4.69) is 5.32 Å². The Morgan fingerprint density at radius 2 is 1.56 bits per heavy atom. The molecule has 6 heteroatoms. The molecule has 1 amide bonds. The maximum absolute atomic E-state index is 13.5. The van der Waals surface area contributed by atoms with Crippen LogP contribution in [0.2, 0.25) is 0 Å². The molecule has 0 aliphatic rings. The van der Waals surface area contributed by atoms with E-state index in [-0.39, 0.29) is 23.3 Å². The predicted octanol–water partition coefficient (Wildman–Crippen LogP) is 4.73. The minimum atomic E-state index is -3.92. The third-order valence-electron chi connectivity index (χ3n) is 5.71. The van der Waals surface area contributed by atoms with E-state index in [4.69, 9.17) is 0 Å². The maximum atomic E-state index is 13.5. The van der Waals surface area contributed by atoms with Crippen LogP contribution in [0, 0.1) is 20.8 Å². The van der Waals surface area contributed by atoms with Crippen molar-refractivity contribution in [3.8, 4) is 0 Å². The van der Waals surface area contributed by atoms with Crippen LogP contribution in [-0.4, -0.2) is 27.4 Å². The highest BCUT2D eigenvalue weighted by atomic mass is 32.2. The van der Waals surface area contributed by atoms with Crippen molar-refractivity contribution in [2.24, 2.45) is 0 Å². The number of hydrogen-bond acceptors (Lipinski definition) is 3. The molecule has 0 fully saturated rings. The van der Waals surface area contributed by atoms with Crippen molar-refractivity contribution in [1.82, 2.24) is 5.32 Å². The van der Waals surface area contributed by atoms with Gasteiger partial charge < -0.3 is 5.32 Å². The zero-order valence-electron chi connectivity index (χ0n) is 19.0. The molecule has 0 heterocycles. The van der Waals surface area contributed by atoms with E-state index >= 15 is 0 Å². The summed E-state index contributed by atoms with van der Waals surface area (Å²) < 4.78 is 28.3. The first-order chi connectivity index (χ1) is 15.2. The Morgan fingerprint density at radius 1 is 0.906 bits per heavy atom. The number of hydrogen-bond donors (Lipinski definition) is 1. The van der Waals surface area contributed by atoms with Gasteiger partial charge in [0.25, 0.3) is 10.0 Å². The Labute approximate surface area is 191 Å². The number of benzene rings is 3. The zero-order chi connectivity index (χ0) is 23.3. The van der Waals surface area contributed by atoms with E-state index in [9.17, 15) is 13.2 Å². The molecule has 0 unspecified atom stereocenters. The SMILES string of the molecule is Cc1ccc(S(=O)(=O)N(CC(=O)NC[C@@H](C)c2ccccc2)c2cccc(C)c2C)cc1. The lowest BCUT2D eigenvalue weighted by Crippen LogP contribution is -2.42. The number of amides is 1. The Kier molecular flexibility index (Phi) is 7.36. The first-order valence-corrected chi connectivity index (χ1v) is 12.1. The van der Waals surface area contributed by atoms with Crippen LogP contribution in [0.1, 0.15) is 35.1 Å². The normalized spacial score (nSPS) is 12.2. The van der Waals surface area contributed by atoms with Crippen molar-refractivity contribution in [2.75, 3.05) is 17.4 Å². The van der Waals surface area contributed by atoms with Crippen LogP contribution in [0.4, 0.5) is 5.69 Å². The monoisotopic (exact) mass is 450 g/mol. The molecule has 3 rings (SSSR count). The quantitative estimate of drug-likeness (QED) is 0.540. The van der Waals surface area contributed by atoms with Crippen molar-refractivity contribution in [2.45, 2.75) is 38.5 Å². The third-order valence-corrected chi connectivity index (χ3v) is 7.49. The Balaban J connectivity index is 1.87. The summed E-state index contributed by atoms with van der Waals surface area (Å²) in [5.41, 5.74) is 4.39. The Bertz CT molecular complexity index is 1170. The molecule has 0 saturated heterocycles. The summed E-state index contributed by atoms with van der Waals surface area (Å²) in [5, 5.41) is 2.90. The van der Waals surface area contributed by atoms with Gasteiger partial charge in [0, 0.05) is 6.54 Å². The van der Waals surface area contributed by atoms with Crippen LogP contribution in [0.15, 0.2) is 77.7 Å². The minimum absolute atomic E-state index is 0.114. The number of nitrogens with zero attached hydrogens (tertiary/aromatic N) is 1. The molecule has 0 radical (unpaired) electrons. The van der Waals surface area contributed by atoms with Crippen molar-refractivity contribution in [1.29, 1.82) is 0 Å². The second-order valence-electron chi connectivity index (χ2n) is 8.16. The van der Waals surface area contributed by atoms with Gasteiger partial charge in [0.2, 0.25) is 5.91 Å². The highest BCUT2D eigenvalue weighted by Gasteiger charge is 2.28. The van der Waals surface area contributed by atoms with Crippen LogP contribution in [0.25, 0.3) is 0 Å². The summed E-state index contributed by atoms with van der Waals surface area (Å²) in [6.07, 6.45) is 0. The molecule has 0 aliphatic carbocycles. The summed E-state index contributed by atoms with van der Waals surface area (Å²) in [4.78, 5) is 13.0. The fourth-order valence-electron chi connectivity index (χ4n) is 3.50. The van der Waals surface area contributed by atoms with Gasteiger partial charge >= 0.3 is 0 Å². The average molecular weight is 451 g/mol. The lowest BCUT2D eigenvalue weighted by molar-refractivity contribution is -0.119. The maximum Gasteiger partial charge on any atom is 0.264 e. The van der Waals surface area contributed by atoms with Gasteiger partial charge in [-0.3, -0.25) is 9.10 Å². The number of sulfonamides is 1. The molecule has 168 valence electrons. The summed E-state index contributed by atoms with van der Waals surface area (Å²) in [6, 6.07) is 22.1. The lowest BCUT2D eigenvalue weighted by Gasteiger charge is -2.26. The molecule has 3 aromatic carbocycles. The van der Waals surface area contributed by atoms with Crippen LogP contribution in [0.5, 0.6) is 0 Å². The Hall–Kier alpha value is -3.12. The molecule has 0 aromatic heterocycles. The van der Waals surface area contributed by atoms with Gasteiger partial charge in [-0.15, -0.1) is 0 Å². The molecule has 1 atom stereocenters. The lowest BCUT2D eigenvalue weighted by atomic mass is 10.0. The second kappa shape index (κ2) is 10.0. The highest BCUT2D eigenvalue weighted by Crippen LogP contribution is 2.28. The molecule has 1 N–H and O–H groups in total. The van der Waals surface area contributed by atoms with Crippen LogP contribution in [0.3, 0.4) is 0 Å². The fraction of sp³-hybridized carbons (Fsp3) is 0.269. The summed E-state index contributed by atoms with van der Waals surface area (Å²) in [6.45, 7) is 7.87. The minimum Gasteiger partial charge on any atom is -0.354 e. The number of aryl methyl sites for hydroxylation is 2. The summed E-state index contributed by atoms with van der Waals surface area (Å²) in [7, 11) is -3.92. The number of anilines is 1. The molecule has 0 bridgehead atoms. The smallest absolute Gasteiger partial charge is 0.264 e. The third kappa shape index (κ3) is 5.37. The van der Waals surface area contributed by atoms with Gasteiger partial charge in [0.1, 0.15) is 6.54 Å². The first-order valence-electron chi connectivity index (χ1n) is 10.7. The zero-order valence-corrected chi connectivity index (χ0v) is 19.8. The van der Waals surface area contributed by atoms with Crippen molar-refractivity contribution in [3.05, 3.63) is 95.1 Å².